The number of amides is 1. The van der Waals surface area contributed by atoms with E-state index in [2.05, 4.69) is 27.2 Å². The van der Waals surface area contributed by atoms with Gasteiger partial charge in [0.2, 0.25) is 5.91 Å². The molecule has 4 rings (SSSR count). The maximum Gasteiger partial charge on any atom is 0.247 e. The van der Waals surface area contributed by atoms with Crippen molar-refractivity contribution in [3.05, 3.63) is 96.4 Å². The number of carbonyl (C=O) groups excluding carboxylic acids is 1. The summed E-state index contributed by atoms with van der Waals surface area (Å²) in [7, 11) is 0. The highest BCUT2D eigenvalue weighted by Gasteiger charge is 2.31. The Kier molecular flexibility index (Phi) is 5.33. The third kappa shape index (κ3) is 4.32. The lowest BCUT2D eigenvalue weighted by molar-refractivity contribution is -0.115. The van der Waals surface area contributed by atoms with E-state index >= 15 is 0 Å². The molecule has 0 saturated carbocycles. The van der Waals surface area contributed by atoms with Crippen molar-refractivity contribution in [1.29, 1.82) is 0 Å². The molecule has 1 atom stereocenters. The number of amidine groups is 1. The molecule has 1 amide bonds. The first kappa shape index (κ1) is 18.4. The van der Waals surface area contributed by atoms with Crippen LogP contribution in [0.15, 0.2) is 101 Å². The number of benzene rings is 2. The van der Waals surface area contributed by atoms with Gasteiger partial charge in [-0.1, -0.05) is 36.9 Å². The van der Waals surface area contributed by atoms with Crippen molar-refractivity contribution < 1.29 is 9.53 Å². The van der Waals surface area contributed by atoms with E-state index in [1.54, 1.807) is 6.34 Å². The van der Waals surface area contributed by atoms with Gasteiger partial charge in [-0.2, -0.15) is 0 Å². The van der Waals surface area contributed by atoms with Gasteiger partial charge >= 0.3 is 0 Å². The highest BCUT2D eigenvalue weighted by atomic mass is 16.5. The van der Waals surface area contributed by atoms with E-state index in [-0.39, 0.29) is 11.8 Å². The maximum atomic E-state index is 11.7. The molecule has 0 fully saturated rings. The predicted octanol–water partition coefficient (Wildman–Crippen LogP) is 3.63. The zero-order valence-electron chi connectivity index (χ0n) is 15.7. The fraction of sp³-hybridized carbons (Fsp3) is 0.0870. The van der Waals surface area contributed by atoms with Crippen molar-refractivity contribution in [2.45, 2.75) is 6.61 Å². The van der Waals surface area contributed by atoms with E-state index in [4.69, 9.17) is 4.74 Å². The van der Waals surface area contributed by atoms with Gasteiger partial charge in [0.15, 0.2) is 0 Å². The fourth-order valence-corrected chi connectivity index (χ4v) is 3.09. The SMILES string of the molecule is C=CC(=O)NC1=CC=C2NC=NC(=Nc3ccc(OCc4ccccc4)cc3)C21. The third-order valence-electron chi connectivity index (χ3n) is 4.53. The molecule has 0 aromatic heterocycles. The van der Waals surface area contributed by atoms with Crippen molar-refractivity contribution in [2.75, 3.05) is 0 Å². The minimum atomic E-state index is -0.264. The highest BCUT2D eigenvalue weighted by Crippen LogP contribution is 2.29. The van der Waals surface area contributed by atoms with Gasteiger partial charge in [0, 0.05) is 11.4 Å². The number of hydrogen-bond donors (Lipinski definition) is 2. The molecular weight excluding hydrogens is 364 g/mol. The van der Waals surface area contributed by atoms with Gasteiger partial charge in [0.05, 0.1) is 17.9 Å². The largest absolute Gasteiger partial charge is 0.489 e. The summed E-state index contributed by atoms with van der Waals surface area (Å²) in [6.07, 6.45) is 6.59. The van der Waals surface area contributed by atoms with Gasteiger partial charge in [0.1, 0.15) is 18.2 Å². The summed E-state index contributed by atoms with van der Waals surface area (Å²) in [6, 6.07) is 17.5. The fourth-order valence-electron chi connectivity index (χ4n) is 3.09. The van der Waals surface area contributed by atoms with E-state index in [0.29, 0.717) is 12.4 Å². The Balaban J connectivity index is 1.47. The number of rotatable bonds is 6. The number of carbonyl (C=O) groups is 1. The smallest absolute Gasteiger partial charge is 0.247 e. The first-order valence-corrected chi connectivity index (χ1v) is 9.22. The van der Waals surface area contributed by atoms with Crippen LogP contribution in [0.25, 0.3) is 0 Å². The van der Waals surface area contributed by atoms with E-state index in [9.17, 15) is 4.79 Å². The van der Waals surface area contributed by atoms with Gasteiger partial charge < -0.3 is 15.4 Å². The van der Waals surface area contributed by atoms with Crippen LogP contribution >= 0.6 is 0 Å². The minimum absolute atomic E-state index is 0.238. The van der Waals surface area contributed by atoms with Crippen LogP contribution in [0.3, 0.4) is 0 Å². The zero-order chi connectivity index (χ0) is 20.1. The molecule has 1 aliphatic carbocycles. The summed E-state index contributed by atoms with van der Waals surface area (Å²) in [5, 5.41) is 5.92. The van der Waals surface area contributed by atoms with E-state index in [1.165, 1.54) is 6.08 Å². The molecule has 2 N–H and O–H groups in total. The lowest BCUT2D eigenvalue weighted by atomic mass is 10.0. The summed E-state index contributed by atoms with van der Waals surface area (Å²) in [5.74, 6) is 0.866. The number of nitrogens with zero attached hydrogens (tertiary/aromatic N) is 2. The predicted molar refractivity (Wildman–Crippen MR) is 114 cm³/mol. The number of hydrogen-bond acceptors (Lipinski definition) is 4. The van der Waals surface area contributed by atoms with E-state index in [0.717, 1.165) is 28.4 Å². The topological polar surface area (TPSA) is 75.1 Å². The molecule has 2 aliphatic rings. The lowest BCUT2D eigenvalue weighted by Crippen LogP contribution is -2.35. The summed E-state index contributed by atoms with van der Waals surface area (Å²) in [6.45, 7) is 4.00. The lowest BCUT2D eigenvalue weighted by Gasteiger charge is -2.22. The molecule has 6 nitrogen and oxygen atoms in total. The van der Waals surface area contributed by atoms with Crippen LogP contribution in [0, 0.1) is 5.92 Å². The Morgan fingerprint density at radius 1 is 1.17 bits per heavy atom. The molecule has 144 valence electrons. The normalized spacial score (nSPS) is 18.3. The molecular formula is C23H20N4O2. The van der Waals surface area contributed by atoms with Crippen LogP contribution in [0.5, 0.6) is 5.75 Å². The van der Waals surface area contributed by atoms with Gasteiger partial charge in [-0.05, 0) is 48.1 Å². The summed E-state index contributed by atoms with van der Waals surface area (Å²) in [4.78, 5) is 20.7. The molecule has 29 heavy (non-hydrogen) atoms. The maximum absolute atomic E-state index is 11.7. The molecule has 1 aliphatic heterocycles. The second-order valence-electron chi connectivity index (χ2n) is 6.51. The van der Waals surface area contributed by atoms with Gasteiger partial charge in [-0.15, -0.1) is 0 Å². The average molecular weight is 384 g/mol. The third-order valence-corrected chi connectivity index (χ3v) is 4.53. The second-order valence-corrected chi connectivity index (χ2v) is 6.51. The van der Waals surface area contributed by atoms with Gasteiger partial charge in [-0.25, -0.2) is 9.98 Å². The highest BCUT2D eigenvalue weighted by molar-refractivity contribution is 6.01. The van der Waals surface area contributed by atoms with Crippen molar-refractivity contribution in [3.63, 3.8) is 0 Å². The minimum Gasteiger partial charge on any atom is -0.489 e. The van der Waals surface area contributed by atoms with Gasteiger partial charge in [-0.3, -0.25) is 4.79 Å². The zero-order valence-corrected chi connectivity index (χ0v) is 15.7. The quantitative estimate of drug-likeness (QED) is 0.747. The number of aliphatic imine (C=N–C) groups is 2. The molecule has 0 spiro atoms. The summed E-state index contributed by atoms with van der Waals surface area (Å²) < 4.78 is 5.82. The van der Waals surface area contributed by atoms with Crippen LogP contribution in [-0.4, -0.2) is 18.1 Å². The standard InChI is InChI=1S/C23H20N4O2/c1-2-21(28)27-20-13-12-19-22(20)23(25-15-24-19)26-17-8-10-18(11-9-17)29-14-16-6-4-3-5-7-16/h2-13,15,22H,1,14H2,(H,27,28)(H,24,25,26). The molecule has 0 saturated heterocycles. The van der Waals surface area contributed by atoms with Gasteiger partial charge in [0.25, 0.3) is 0 Å². The molecule has 0 radical (unpaired) electrons. The first-order valence-electron chi connectivity index (χ1n) is 9.22. The van der Waals surface area contributed by atoms with Crippen LogP contribution in [0.2, 0.25) is 0 Å². The summed E-state index contributed by atoms with van der Waals surface area (Å²) in [5.41, 5.74) is 3.51. The Labute approximate surface area is 169 Å². The number of allylic oxidation sites excluding steroid dienone is 2. The first-order chi connectivity index (χ1) is 14.2. The van der Waals surface area contributed by atoms with Crippen molar-refractivity contribution >= 4 is 23.8 Å². The van der Waals surface area contributed by atoms with Crippen LogP contribution in [-0.2, 0) is 11.4 Å². The van der Waals surface area contributed by atoms with Crippen LogP contribution < -0.4 is 15.4 Å². The van der Waals surface area contributed by atoms with E-state index in [1.807, 2.05) is 66.7 Å². The molecule has 2 aromatic rings. The molecule has 6 heteroatoms. The molecule has 2 aromatic carbocycles. The van der Waals surface area contributed by atoms with Crippen LogP contribution in [0.4, 0.5) is 5.69 Å². The number of nitrogens with one attached hydrogen (secondary N) is 2. The number of fused-ring (bicyclic) bond motifs is 1. The Morgan fingerprint density at radius 2 is 1.97 bits per heavy atom. The Bertz CT molecular complexity index is 1030. The average Bonchev–Trinajstić information content (AvgIpc) is 3.17. The van der Waals surface area contributed by atoms with E-state index < -0.39 is 0 Å². The van der Waals surface area contributed by atoms with Crippen molar-refractivity contribution in [2.24, 2.45) is 15.9 Å². The van der Waals surface area contributed by atoms with Crippen molar-refractivity contribution in [3.8, 4) is 5.75 Å². The monoisotopic (exact) mass is 384 g/mol. The summed E-state index contributed by atoms with van der Waals surface area (Å²) >= 11 is 0. The number of ether oxygens (including phenoxy) is 1. The molecule has 0 bridgehead atoms. The molecule has 1 unspecified atom stereocenters. The Morgan fingerprint density at radius 3 is 2.72 bits per heavy atom. The van der Waals surface area contributed by atoms with Crippen molar-refractivity contribution in [1.82, 2.24) is 10.6 Å². The molecule has 1 heterocycles. The van der Waals surface area contributed by atoms with Crippen LogP contribution in [0.1, 0.15) is 5.56 Å². The Hall–Kier alpha value is -3.93. The second kappa shape index (κ2) is 8.39.